The fourth-order valence-corrected chi connectivity index (χ4v) is 3.57. The molecule has 2 aromatic heterocycles. The molecule has 1 aliphatic rings. The van der Waals surface area contributed by atoms with Crippen LogP contribution in [-0.2, 0) is 4.79 Å². The number of nitrogens with zero attached hydrogens (tertiary/aromatic N) is 5. The molecule has 1 saturated heterocycles. The maximum atomic E-state index is 13.7. The Morgan fingerprint density at radius 3 is 3.06 bits per heavy atom. The van der Waals surface area contributed by atoms with Gasteiger partial charge in [-0.3, -0.25) is 9.20 Å². The molecule has 1 amide bonds. The Kier molecular flexibility index (Phi) is 7.19. The lowest BCUT2D eigenvalue weighted by Crippen LogP contribution is -2.47. The lowest BCUT2D eigenvalue weighted by molar-refractivity contribution is -0.131. The van der Waals surface area contributed by atoms with Crippen molar-refractivity contribution in [2.45, 2.75) is 45.6 Å². The van der Waals surface area contributed by atoms with Crippen LogP contribution < -0.4 is 5.32 Å². The number of pyridine rings is 1. The second-order valence-electron chi connectivity index (χ2n) is 7.62. The summed E-state index contributed by atoms with van der Waals surface area (Å²) in [7, 11) is 0. The van der Waals surface area contributed by atoms with E-state index >= 15 is 0 Å². The van der Waals surface area contributed by atoms with Gasteiger partial charge < -0.3 is 10.2 Å². The summed E-state index contributed by atoms with van der Waals surface area (Å²) in [6.45, 7) is 9.10. The number of piperidine rings is 1. The number of aromatic nitrogens is 2. The van der Waals surface area contributed by atoms with Crippen LogP contribution in [0.25, 0.3) is 5.65 Å². The average molecular weight is 423 g/mol. The van der Waals surface area contributed by atoms with Gasteiger partial charge in [0.25, 0.3) is 0 Å². The number of halogens is 1. The number of carbonyl (C=O) groups excluding carboxylic acids is 1. The number of allylic oxidation sites excluding steroid dienone is 2. The minimum atomic E-state index is -0.350. The zero-order chi connectivity index (χ0) is 22.4. The summed E-state index contributed by atoms with van der Waals surface area (Å²) >= 11 is 0. The van der Waals surface area contributed by atoms with E-state index in [9.17, 15) is 9.18 Å². The summed E-state index contributed by atoms with van der Waals surface area (Å²) in [5.74, 6) is 0.136. The van der Waals surface area contributed by atoms with Gasteiger partial charge in [-0.25, -0.2) is 14.4 Å². The molecule has 1 fully saturated rings. The van der Waals surface area contributed by atoms with Gasteiger partial charge >= 0.3 is 0 Å². The number of hydrogen-bond acceptors (Lipinski definition) is 5. The van der Waals surface area contributed by atoms with Crippen molar-refractivity contribution in [1.82, 2.24) is 19.6 Å². The Morgan fingerprint density at radius 2 is 2.32 bits per heavy atom. The molecular weight excluding hydrogens is 395 g/mol. The zero-order valence-corrected chi connectivity index (χ0v) is 17.9. The summed E-state index contributed by atoms with van der Waals surface area (Å²) < 4.78 is 15.4. The Labute approximate surface area is 181 Å². The van der Waals surface area contributed by atoms with E-state index in [4.69, 9.17) is 10.3 Å². The number of nitrogens with one attached hydrogen (secondary N) is 1. The van der Waals surface area contributed by atoms with E-state index in [0.29, 0.717) is 36.0 Å². The van der Waals surface area contributed by atoms with Crippen molar-refractivity contribution >= 4 is 17.3 Å². The van der Waals surface area contributed by atoms with Gasteiger partial charge in [-0.15, -0.1) is 0 Å². The fourth-order valence-electron chi connectivity index (χ4n) is 3.57. The van der Waals surface area contributed by atoms with Crippen LogP contribution >= 0.6 is 0 Å². The molecule has 0 aromatic carbocycles. The van der Waals surface area contributed by atoms with Gasteiger partial charge in [0.15, 0.2) is 0 Å². The molecule has 8 heteroatoms. The molecule has 31 heavy (non-hydrogen) atoms. The molecule has 162 valence electrons. The lowest BCUT2D eigenvalue weighted by atomic mass is 10.1. The molecule has 2 aromatic rings. The Balaban J connectivity index is 1.85. The van der Waals surface area contributed by atoms with Crippen molar-refractivity contribution < 1.29 is 9.18 Å². The van der Waals surface area contributed by atoms with Crippen molar-refractivity contribution in [3.05, 3.63) is 60.1 Å². The summed E-state index contributed by atoms with van der Waals surface area (Å²) in [6, 6.07) is 4.93. The topological polar surface area (TPSA) is 85.8 Å². The maximum absolute atomic E-state index is 13.7. The van der Waals surface area contributed by atoms with Gasteiger partial charge in [0.05, 0.1) is 23.7 Å². The van der Waals surface area contributed by atoms with Crippen LogP contribution in [0.3, 0.4) is 0 Å². The van der Waals surface area contributed by atoms with Crippen LogP contribution in [0.2, 0.25) is 0 Å². The van der Waals surface area contributed by atoms with E-state index in [-0.39, 0.29) is 24.2 Å². The van der Waals surface area contributed by atoms with E-state index < -0.39 is 0 Å². The van der Waals surface area contributed by atoms with E-state index in [1.807, 2.05) is 26.0 Å². The molecule has 7 nitrogen and oxygen atoms in total. The van der Waals surface area contributed by atoms with Crippen molar-refractivity contribution in [2.75, 3.05) is 13.1 Å². The second-order valence-corrected chi connectivity index (χ2v) is 7.62. The van der Waals surface area contributed by atoms with Crippen molar-refractivity contribution in [3.63, 3.8) is 0 Å². The minimum absolute atomic E-state index is 0.0171. The molecule has 0 bridgehead atoms. The molecule has 0 saturated carbocycles. The highest BCUT2D eigenvalue weighted by Crippen LogP contribution is 2.16. The van der Waals surface area contributed by atoms with Crippen LogP contribution in [0.15, 0.2) is 53.6 Å². The number of aliphatic imine (C=N–C) groups is 1. The van der Waals surface area contributed by atoms with E-state index in [1.54, 1.807) is 21.6 Å². The summed E-state index contributed by atoms with van der Waals surface area (Å²) in [5.41, 5.74) is 2.92. The van der Waals surface area contributed by atoms with Crippen LogP contribution in [0.5, 0.6) is 0 Å². The number of likely N-dealkylation sites (tertiary alicyclic amines) is 1. The standard InChI is InChI=1S/C23H27FN6O/c1-4-16(2)12-21(28-19-6-5-11-29(15-19)23(31)9-10-25)27-17(3)20-13-26-22-8-7-18(24)14-30(20)22/h7-8,12-14,19,28H,2,4-6,9,11,15H2,1,3H3/b21-12+,27-17+. The third-order valence-electron chi connectivity index (χ3n) is 5.28. The van der Waals surface area contributed by atoms with Gasteiger partial charge in [0.2, 0.25) is 5.91 Å². The Bertz CT molecular complexity index is 1080. The molecule has 0 aliphatic carbocycles. The number of fused-ring (bicyclic) bond motifs is 1. The number of rotatable bonds is 7. The predicted molar refractivity (Wildman–Crippen MR) is 118 cm³/mol. The second kappa shape index (κ2) is 10.0. The first-order chi connectivity index (χ1) is 14.9. The molecule has 3 heterocycles. The van der Waals surface area contributed by atoms with E-state index in [0.717, 1.165) is 24.8 Å². The number of hydrogen-bond donors (Lipinski definition) is 1. The highest BCUT2D eigenvalue weighted by Gasteiger charge is 2.24. The molecule has 0 radical (unpaired) electrons. The van der Waals surface area contributed by atoms with Crippen LogP contribution in [0, 0.1) is 17.1 Å². The smallest absolute Gasteiger partial charge is 0.236 e. The van der Waals surface area contributed by atoms with Crippen molar-refractivity contribution in [3.8, 4) is 6.07 Å². The van der Waals surface area contributed by atoms with Gasteiger partial charge in [0.1, 0.15) is 23.7 Å². The minimum Gasteiger partial charge on any atom is -0.366 e. The maximum Gasteiger partial charge on any atom is 0.236 e. The monoisotopic (exact) mass is 422 g/mol. The third kappa shape index (κ3) is 5.57. The van der Waals surface area contributed by atoms with E-state index in [2.05, 4.69) is 16.9 Å². The number of nitriles is 1. The summed E-state index contributed by atoms with van der Waals surface area (Å²) in [5, 5.41) is 12.2. The summed E-state index contributed by atoms with van der Waals surface area (Å²) in [4.78, 5) is 22.9. The van der Waals surface area contributed by atoms with Gasteiger partial charge in [0, 0.05) is 25.3 Å². The molecule has 1 aliphatic heterocycles. The normalized spacial score (nSPS) is 17.5. The van der Waals surface area contributed by atoms with Crippen LogP contribution in [-0.4, -0.2) is 45.0 Å². The predicted octanol–water partition coefficient (Wildman–Crippen LogP) is 3.58. The van der Waals surface area contributed by atoms with Crippen molar-refractivity contribution in [2.24, 2.45) is 4.99 Å². The Hall–Kier alpha value is -3.47. The van der Waals surface area contributed by atoms with E-state index in [1.165, 1.54) is 12.3 Å². The quantitative estimate of drug-likeness (QED) is 0.546. The molecule has 1 N–H and O–H groups in total. The molecular formula is C23H27FN6O. The Morgan fingerprint density at radius 1 is 1.52 bits per heavy atom. The SMILES string of the molecule is C=C(/C=C(\N=C(/C)c1cnc2ccc(F)cn12)NC1CCCN(C(=O)CC#N)C1)CC. The van der Waals surface area contributed by atoms with Gasteiger partial charge in [-0.2, -0.15) is 5.26 Å². The fraction of sp³-hybridized carbons (Fsp3) is 0.391. The lowest BCUT2D eigenvalue weighted by Gasteiger charge is -2.33. The molecule has 0 spiro atoms. The largest absolute Gasteiger partial charge is 0.366 e. The first-order valence-electron chi connectivity index (χ1n) is 10.4. The number of amides is 1. The molecule has 1 atom stereocenters. The molecule has 1 unspecified atom stereocenters. The zero-order valence-electron chi connectivity index (χ0n) is 17.9. The van der Waals surface area contributed by atoms with Crippen LogP contribution in [0.1, 0.15) is 45.2 Å². The average Bonchev–Trinajstić information content (AvgIpc) is 3.17. The number of carbonyl (C=O) groups is 1. The van der Waals surface area contributed by atoms with Gasteiger partial charge in [-0.05, 0) is 44.4 Å². The highest BCUT2D eigenvalue weighted by atomic mass is 19.1. The first kappa shape index (κ1) is 22.2. The molecule has 3 rings (SSSR count). The van der Waals surface area contributed by atoms with Crippen molar-refractivity contribution in [1.29, 1.82) is 5.26 Å². The van der Waals surface area contributed by atoms with Crippen LogP contribution in [0.4, 0.5) is 4.39 Å². The highest BCUT2D eigenvalue weighted by molar-refractivity contribution is 5.98. The summed E-state index contributed by atoms with van der Waals surface area (Å²) in [6.07, 6.45) is 7.36. The van der Waals surface area contributed by atoms with Gasteiger partial charge in [-0.1, -0.05) is 19.1 Å². The number of imidazole rings is 1. The third-order valence-corrected chi connectivity index (χ3v) is 5.28. The first-order valence-corrected chi connectivity index (χ1v) is 10.4.